The quantitative estimate of drug-likeness (QED) is 0.521. The highest BCUT2D eigenvalue weighted by Crippen LogP contribution is 2.37. The fraction of sp³-hybridized carbons (Fsp3) is 0.750. The van der Waals surface area contributed by atoms with Gasteiger partial charge in [0.2, 0.25) is 0 Å². The minimum absolute atomic E-state index is 0.361. The van der Waals surface area contributed by atoms with E-state index < -0.39 is 0 Å². The largest absolute Gasteiger partial charge is 0.299 e. The molecule has 0 aromatic rings. The summed E-state index contributed by atoms with van der Waals surface area (Å²) < 4.78 is 0. The molecule has 0 amide bonds. The Morgan fingerprint density at radius 1 is 1.31 bits per heavy atom. The Balaban J connectivity index is 2.24. The minimum Gasteiger partial charge on any atom is -0.299 e. The second-order valence-corrected chi connectivity index (χ2v) is 4.42. The van der Waals surface area contributed by atoms with E-state index in [0.29, 0.717) is 17.6 Å². The molecule has 0 radical (unpaired) electrons. The van der Waals surface area contributed by atoms with Crippen LogP contribution in [-0.2, 0) is 4.79 Å². The Kier molecular flexibility index (Phi) is 2.52. The van der Waals surface area contributed by atoms with E-state index in [1.807, 2.05) is 0 Å². The van der Waals surface area contributed by atoms with E-state index in [9.17, 15) is 4.79 Å². The summed E-state index contributed by atoms with van der Waals surface area (Å²) in [7, 11) is 0. The molecule has 1 saturated carbocycles. The van der Waals surface area contributed by atoms with Gasteiger partial charge in [0.15, 0.2) is 0 Å². The van der Waals surface area contributed by atoms with Crippen LogP contribution < -0.4 is 0 Å². The first-order valence-electron chi connectivity index (χ1n) is 5.50. The predicted molar refractivity (Wildman–Crippen MR) is 53.4 cm³/mol. The lowest BCUT2D eigenvalue weighted by Gasteiger charge is -2.31. The number of fused-ring (bicyclic) bond motifs is 2. The number of rotatable bonds is 0. The maximum Gasteiger partial charge on any atom is 0.136 e. The molecule has 0 aliphatic heterocycles. The smallest absolute Gasteiger partial charge is 0.136 e. The van der Waals surface area contributed by atoms with Gasteiger partial charge in [0.05, 0.1) is 0 Å². The fourth-order valence-corrected chi connectivity index (χ4v) is 2.74. The van der Waals surface area contributed by atoms with Crippen LogP contribution in [0.2, 0.25) is 0 Å². The summed E-state index contributed by atoms with van der Waals surface area (Å²) in [5.41, 5.74) is 1.56. The molecule has 0 spiro atoms. The van der Waals surface area contributed by atoms with Crippen LogP contribution in [-0.4, -0.2) is 5.78 Å². The van der Waals surface area contributed by atoms with Gasteiger partial charge in [-0.15, -0.1) is 0 Å². The van der Waals surface area contributed by atoms with Crippen LogP contribution in [0, 0.1) is 11.8 Å². The number of Topliss-reactive ketones (excluding diaryl/α,β-unsaturated/α-hetero) is 1. The van der Waals surface area contributed by atoms with Crippen molar-refractivity contribution in [3.8, 4) is 0 Å². The van der Waals surface area contributed by atoms with E-state index in [1.165, 1.54) is 12.8 Å². The zero-order valence-electron chi connectivity index (χ0n) is 8.38. The fourth-order valence-electron chi connectivity index (χ4n) is 2.74. The predicted octanol–water partition coefficient (Wildman–Crippen LogP) is 3.10. The van der Waals surface area contributed by atoms with Crippen molar-refractivity contribution in [2.24, 2.45) is 11.8 Å². The maximum absolute atomic E-state index is 11.8. The molecule has 2 bridgehead atoms. The van der Waals surface area contributed by atoms with Crippen LogP contribution in [0.25, 0.3) is 0 Å². The molecule has 2 aliphatic carbocycles. The molecular weight excluding hydrogens is 160 g/mol. The lowest BCUT2D eigenvalue weighted by molar-refractivity contribution is -0.124. The van der Waals surface area contributed by atoms with Gasteiger partial charge in [-0.1, -0.05) is 18.6 Å². The third-order valence-corrected chi connectivity index (χ3v) is 3.62. The first kappa shape index (κ1) is 8.98. The second-order valence-electron chi connectivity index (χ2n) is 4.42. The van der Waals surface area contributed by atoms with E-state index in [4.69, 9.17) is 0 Å². The maximum atomic E-state index is 11.8. The summed E-state index contributed by atoms with van der Waals surface area (Å²) in [5.74, 6) is 1.43. The minimum atomic E-state index is 0.361. The average molecular weight is 178 g/mol. The van der Waals surface area contributed by atoms with Crippen molar-refractivity contribution >= 4 is 5.78 Å². The molecule has 1 fully saturated rings. The van der Waals surface area contributed by atoms with Crippen molar-refractivity contribution in [2.75, 3.05) is 0 Å². The lowest BCUT2D eigenvalue weighted by Crippen LogP contribution is -2.28. The summed E-state index contributed by atoms with van der Waals surface area (Å²) in [6.07, 6.45) is 9.01. The standard InChI is InChI=1S/C12H18O/c1-9-10-5-2-3-8-12(13)11(9)7-4-6-10/h5,9,11H,2-4,6-8H2,1H3/b10-5-. The van der Waals surface area contributed by atoms with Crippen LogP contribution in [0.3, 0.4) is 0 Å². The summed E-state index contributed by atoms with van der Waals surface area (Å²) >= 11 is 0. The Hall–Kier alpha value is -0.590. The van der Waals surface area contributed by atoms with Gasteiger partial charge in [-0.05, 0) is 38.0 Å². The van der Waals surface area contributed by atoms with Gasteiger partial charge in [-0.3, -0.25) is 4.79 Å². The molecule has 2 unspecified atom stereocenters. The van der Waals surface area contributed by atoms with Crippen LogP contribution in [0.1, 0.15) is 45.4 Å². The molecule has 1 heteroatoms. The average Bonchev–Trinajstić information content (AvgIpc) is 2.14. The van der Waals surface area contributed by atoms with Gasteiger partial charge in [-0.2, -0.15) is 0 Å². The second kappa shape index (κ2) is 3.65. The van der Waals surface area contributed by atoms with E-state index >= 15 is 0 Å². The SMILES string of the molecule is CC1/C2=C\CCCC(=O)C1CCC2. The molecule has 13 heavy (non-hydrogen) atoms. The molecule has 72 valence electrons. The number of carbonyl (C=O) groups is 1. The molecule has 0 saturated heterocycles. The highest BCUT2D eigenvalue weighted by atomic mass is 16.1. The number of allylic oxidation sites excluding steroid dienone is 2. The molecular formula is C12H18O. The van der Waals surface area contributed by atoms with Crippen LogP contribution in [0.4, 0.5) is 0 Å². The third-order valence-electron chi connectivity index (χ3n) is 3.62. The first-order valence-corrected chi connectivity index (χ1v) is 5.50. The van der Waals surface area contributed by atoms with Gasteiger partial charge in [-0.25, -0.2) is 0 Å². The molecule has 2 aliphatic rings. The summed E-state index contributed by atoms with van der Waals surface area (Å²) in [6, 6.07) is 0. The number of hydrogen-bond acceptors (Lipinski definition) is 1. The first-order chi connectivity index (χ1) is 6.29. The van der Waals surface area contributed by atoms with Gasteiger partial charge in [0.1, 0.15) is 5.78 Å². The number of ketones is 1. The van der Waals surface area contributed by atoms with Crippen LogP contribution in [0.5, 0.6) is 0 Å². The van der Waals surface area contributed by atoms with Crippen molar-refractivity contribution in [3.63, 3.8) is 0 Å². The zero-order valence-corrected chi connectivity index (χ0v) is 8.38. The molecule has 0 N–H and O–H groups in total. The Morgan fingerprint density at radius 3 is 3.00 bits per heavy atom. The van der Waals surface area contributed by atoms with Crippen molar-refractivity contribution in [2.45, 2.75) is 45.4 Å². The molecule has 0 heterocycles. The third kappa shape index (κ3) is 1.70. The number of hydrogen-bond donors (Lipinski definition) is 0. The van der Waals surface area contributed by atoms with Crippen molar-refractivity contribution in [1.82, 2.24) is 0 Å². The van der Waals surface area contributed by atoms with Gasteiger partial charge in [0, 0.05) is 12.3 Å². The molecule has 0 aromatic heterocycles. The Morgan fingerprint density at radius 2 is 2.15 bits per heavy atom. The topological polar surface area (TPSA) is 17.1 Å². The normalized spacial score (nSPS) is 38.8. The van der Waals surface area contributed by atoms with E-state index in [0.717, 1.165) is 25.7 Å². The highest BCUT2D eigenvalue weighted by molar-refractivity contribution is 5.82. The summed E-state index contributed by atoms with van der Waals surface area (Å²) in [4.78, 5) is 11.8. The van der Waals surface area contributed by atoms with E-state index in [2.05, 4.69) is 13.0 Å². The monoisotopic (exact) mass is 178 g/mol. The van der Waals surface area contributed by atoms with Gasteiger partial charge < -0.3 is 0 Å². The lowest BCUT2D eigenvalue weighted by atomic mass is 9.72. The van der Waals surface area contributed by atoms with E-state index in [1.54, 1.807) is 5.57 Å². The zero-order chi connectivity index (χ0) is 9.26. The molecule has 2 atom stereocenters. The molecule has 2 rings (SSSR count). The Labute approximate surface area is 80.2 Å². The van der Waals surface area contributed by atoms with Gasteiger partial charge in [0.25, 0.3) is 0 Å². The van der Waals surface area contributed by atoms with E-state index in [-0.39, 0.29) is 0 Å². The number of carbonyl (C=O) groups excluding carboxylic acids is 1. The Bertz CT molecular complexity index is 240. The van der Waals surface area contributed by atoms with Crippen LogP contribution in [0.15, 0.2) is 11.6 Å². The van der Waals surface area contributed by atoms with Crippen molar-refractivity contribution in [1.29, 1.82) is 0 Å². The van der Waals surface area contributed by atoms with Gasteiger partial charge >= 0.3 is 0 Å². The molecule has 1 nitrogen and oxygen atoms in total. The summed E-state index contributed by atoms with van der Waals surface area (Å²) in [6.45, 7) is 2.24. The van der Waals surface area contributed by atoms with Crippen molar-refractivity contribution < 1.29 is 4.79 Å². The van der Waals surface area contributed by atoms with Crippen molar-refractivity contribution in [3.05, 3.63) is 11.6 Å². The highest BCUT2D eigenvalue weighted by Gasteiger charge is 2.30. The summed E-state index contributed by atoms with van der Waals surface area (Å²) in [5, 5.41) is 0. The van der Waals surface area contributed by atoms with Crippen LogP contribution >= 0.6 is 0 Å². The molecule has 0 aromatic carbocycles.